The number of amides is 5. The van der Waals surface area contributed by atoms with Crippen molar-refractivity contribution < 1.29 is 38.6 Å². The molecule has 13 nitrogen and oxygen atoms in total. The Morgan fingerprint density at radius 3 is 1.95 bits per heavy atom. The Kier molecular flexibility index (Phi) is 14.1. The van der Waals surface area contributed by atoms with E-state index < -0.39 is 71.7 Å². The van der Waals surface area contributed by atoms with Crippen LogP contribution in [0.2, 0.25) is 0 Å². The number of hydrogen-bond donors (Lipinski definition) is 6. The van der Waals surface area contributed by atoms with Gasteiger partial charge in [-0.25, -0.2) is 0 Å². The van der Waals surface area contributed by atoms with Crippen molar-refractivity contribution in [2.45, 2.75) is 69.1 Å². The summed E-state index contributed by atoms with van der Waals surface area (Å²) in [5, 5.41) is 25.8. The average Bonchev–Trinajstić information content (AvgIpc) is 3.92. The Bertz CT molecular complexity index is 2340. The van der Waals surface area contributed by atoms with Crippen LogP contribution in [-0.4, -0.2) is 77.9 Å². The lowest BCUT2D eigenvalue weighted by atomic mass is 9.99. The zero-order valence-electron chi connectivity index (χ0n) is 34.0. The molecule has 6 N–H and O–H groups in total. The van der Waals surface area contributed by atoms with Crippen molar-refractivity contribution in [1.29, 1.82) is 0 Å². The molecule has 0 radical (unpaired) electrons. The smallest absolute Gasteiger partial charge is 0.311 e. The summed E-state index contributed by atoms with van der Waals surface area (Å²) in [5.41, 5.74) is 3.23. The number of thiophene rings is 1. The van der Waals surface area contributed by atoms with E-state index in [1.165, 1.54) is 11.3 Å². The van der Waals surface area contributed by atoms with Crippen molar-refractivity contribution in [3.8, 4) is 16.9 Å². The highest BCUT2D eigenvalue weighted by molar-refractivity contribution is 7.09. The van der Waals surface area contributed by atoms with Crippen LogP contribution in [0.25, 0.3) is 11.1 Å². The van der Waals surface area contributed by atoms with Crippen LogP contribution in [0.1, 0.15) is 40.8 Å². The lowest BCUT2D eigenvalue weighted by Gasteiger charge is -2.27. The van der Waals surface area contributed by atoms with Gasteiger partial charge >= 0.3 is 5.97 Å². The number of benzene rings is 4. The number of nitrogens with one attached hydrogen (secondary N) is 5. The van der Waals surface area contributed by atoms with Gasteiger partial charge in [0, 0.05) is 30.7 Å². The molecule has 3 heterocycles. The Labute approximate surface area is 363 Å². The molecule has 0 saturated heterocycles. The van der Waals surface area contributed by atoms with Crippen LogP contribution in [0.4, 0.5) is 0 Å². The highest BCUT2D eigenvalue weighted by Gasteiger charge is 2.50. The predicted octanol–water partition coefficient (Wildman–Crippen LogP) is 4.39. The van der Waals surface area contributed by atoms with Crippen LogP contribution < -0.4 is 31.3 Å². The number of aliphatic carboxylic acids is 1. The van der Waals surface area contributed by atoms with Crippen LogP contribution in [0.5, 0.6) is 5.75 Å². The number of ether oxygens (including phenoxy) is 1. The first-order valence-corrected chi connectivity index (χ1v) is 21.6. The van der Waals surface area contributed by atoms with Gasteiger partial charge in [-0.15, -0.1) is 11.3 Å². The second-order valence-corrected chi connectivity index (χ2v) is 16.9. The van der Waals surface area contributed by atoms with Crippen LogP contribution in [-0.2, 0) is 54.5 Å². The molecule has 3 aliphatic rings. The molecular weight excluding hydrogens is 807 g/mol. The van der Waals surface area contributed by atoms with Gasteiger partial charge < -0.3 is 36.4 Å². The van der Waals surface area contributed by atoms with Gasteiger partial charge in [0.25, 0.3) is 5.91 Å². The first kappa shape index (κ1) is 43.3. The number of rotatable bonds is 12. The van der Waals surface area contributed by atoms with Gasteiger partial charge in [0.05, 0.1) is 5.41 Å². The molecule has 320 valence electrons. The second kappa shape index (κ2) is 20.2. The molecule has 2 bridgehead atoms. The van der Waals surface area contributed by atoms with Gasteiger partial charge in [0.15, 0.2) is 6.61 Å². The van der Waals surface area contributed by atoms with Crippen LogP contribution in [0.3, 0.4) is 0 Å². The van der Waals surface area contributed by atoms with Crippen molar-refractivity contribution in [2.24, 2.45) is 5.41 Å². The van der Waals surface area contributed by atoms with Gasteiger partial charge in [0.1, 0.15) is 29.9 Å². The van der Waals surface area contributed by atoms with Gasteiger partial charge in [-0.1, -0.05) is 103 Å². The van der Waals surface area contributed by atoms with E-state index in [2.05, 4.69) is 26.6 Å². The molecule has 1 aromatic heterocycles. The third-order valence-corrected chi connectivity index (χ3v) is 12.1. The van der Waals surface area contributed by atoms with Gasteiger partial charge in [0.2, 0.25) is 23.6 Å². The van der Waals surface area contributed by atoms with Crippen LogP contribution in [0.15, 0.2) is 127 Å². The summed E-state index contributed by atoms with van der Waals surface area (Å²) in [6, 6.07) is 32.7. The van der Waals surface area contributed by atoms with E-state index in [1.54, 1.807) is 24.3 Å². The third kappa shape index (κ3) is 11.7. The SMILES string of the molecule is O=C1COc2ccc(cc2)CC(C(=O)NCC2(C(=O)O)CC2)NC(=O)C(CCc2ccccc2)NC(=O)C(Cc2ccc(-c3ccccc3)cc2)NC(=O)C(Cc2cccs2)N1. The summed E-state index contributed by atoms with van der Waals surface area (Å²) < 4.78 is 5.78. The monoisotopic (exact) mass is 855 g/mol. The number of carbonyl (C=O) groups excluding carboxylic acids is 5. The van der Waals surface area contributed by atoms with Crippen LogP contribution in [0, 0.1) is 5.41 Å². The Hall–Kier alpha value is -6.80. The fourth-order valence-electron chi connectivity index (χ4n) is 7.34. The number of hydrogen-bond acceptors (Lipinski definition) is 8. The minimum absolute atomic E-state index is 0.0276. The zero-order valence-corrected chi connectivity index (χ0v) is 34.8. The Balaban J connectivity index is 1.21. The molecule has 4 unspecified atom stereocenters. The summed E-state index contributed by atoms with van der Waals surface area (Å²) in [7, 11) is 0. The maximum absolute atomic E-state index is 14.6. The van der Waals surface area contributed by atoms with Crippen molar-refractivity contribution >= 4 is 46.8 Å². The Morgan fingerprint density at radius 1 is 0.677 bits per heavy atom. The van der Waals surface area contributed by atoms with Crippen molar-refractivity contribution in [1.82, 2.24) is 26.6 Å². The van der Waals surface area contributed by atoms with E-state index >= 15 is 0 Å². The summed E-state index contributed by atoms with van der Waals surface area (Å²) in [4.78, 5) is 83.2. The molecule has 1 aliphatic carbocycles. The standard InChI is InChI=1S/C48H49N5O8S/c54-42-29-61-36-20-15-33(16-21-36)26-39(43(55)49-30-48(23-24-48)47(59)60)52-44(56)38(22-17-31-8-3-1-4-9-31)51-45(57)40(53-46(58)41(50-42)28-37-12-7-25-62-37)27-32-13-18-35(19-14-32)34-10-5-2-6-11-34/h1-16,18-21,25,38-41H,17,22-24,26-30H2,(H,49,55)(H,50,54)(H,51,57)(H,52,56)(H,53,58)(H,59,60). The largest absolute Gasteiger partial charge is 0.484 e. The molecule has 1 saturated carbocycles. The summed E-state index contributed by atoms with van der Waals surface area (Å²) in [6.07, 6.45) is 1.63. The van der Waals surface area contributed by atoms with E-state index in [9.17, 15) is 33.9 Å². The zero-order chi connectivity index (χ0) is 43.5. The van der Waals surface area contributed by atoms with Crippen molar-refractivity contribution in [3.63, 3.8) is 0 Å². The number of carboxylic acid groups (broad SMARTS) is 1. The van der Waals surface area contributed by atoms with Gasteiger partial charge in [-0.2, -0.15) is 0 Å². The number of aryl methyl sites for hydroxylation is 1. The number of fused-ring (bicyclic) bond motifs is 16. The Morgan fingerprint density at radius 2 is 1.31 bits per heavy atom. The quantitative estimate of drug-likeness (QED) is 0.0997. The highest BCUT2D eigenvalue weighted by atomic mass is 32.1. The van der Waals surface area contributed by atoms with E-state index in [0.29, 0.717) is 30.6 Å². The average molecular weight is 856 g/mol. The molecule has 8 rings (SSSR count). The molecule has 1 fully saturated rings. The van der Waals surface area contributed by atoms with E-state index in [4.69, 9.17) is 4.74 Å². The molecule has 62 heavy (non-hydrogen) atoms. The number of carbonyl (C=O) groups is 6. The molecule has 5 aromatic rings. The summed E-state index contributed by atoms with van der Waals surface area (Å²) in [5.74, 6) is -3.65. The maximum Gasteiger partial charge on any atom is 0.311 e. The molecular formula is C48H49N5O8S. The predicted molar refractivity (Wildman–Crippen MR) is 234 cm³/mol. The van der Waals surface area contributed by atoms with Crippen LogP contribution >= 0.6 is 11.3 Å². The van der Waals surface area contributed by atoms with Crippen molar-refractivity contribution in [3.05, 3.63) is 148 Å². The topological polar surface area (TPSA) is 192 Å². The number of carboxylic acids is 1. The minimum Gasteiger partial charge on any atom is -0.484 e. The summed E-state index contributed by atoms with van der Waals surface area (Å²) >= 11 is 1.43. The first-order chi connectivity index (χ1) is 30.0. The fraction of sp³-hybridized carbons (Fsp3) is 0.292. The minimum atomic E-state index is -1.20. The molecule has 4 atom stereocenters. The maximum atomic E-state index is 14.6. The second-order valence-electron chi connectivity index (χ2n) is 15.8. The van der Waals surface area contributed by atoms with Gasteiger partial charge in [-0.05, 0) is 77.1 Å². The highest BCUT2D eigenvalue weighted by Crippen LogP contribution is 2.45. The lowest BCUT2D eigenvalue weighted by Crippen LogP contribution is -2.59. The van der Waals surface area contributed by atoms with Crippen molar-refractivity contribution in [2.75, 3.05) is 13.2 Å². The first-order valence-electron chi connectivity index (χ1n) is 20.7. The van der Waals surface area contributed by atoms with E-state index in [-0.39, 0.29) is 32.2 Å². The molecule has 2 aliphatic heterocycles. The molecule has 5 amide bonds. The normalized spacial score (nSPS) is 20.5. The lowest BCUT2D eigenvalue weighted by molar-refractivity contribution is -0.143. The molecule has 14 heteroatoms. The molecule has 4 aromatic carbocycles. The third-order valence-electron chi connectivity index (χ3n) is 11.2. The van der Waals surface area contributed by atoms with Gasteiger partial charge in [-0.3, -0.25) is 28.8 Å². The summed E-state index contributed by atoms with van der Waals surface area (Å²) in [6.45, 7) is -0.501. The fourth-order valence-corrected chi connectivity index (χ4v) is 8.09. The van der Waals surface area contributed by atoms with E-state index in [1.807, 2.05) is 102 Å². The molecule has 0 spiro atoms. The van der Waals surface area contributed by atoms with E-state index in [0.717, 1.165) is 27.1 Å².